The normalized spacial score (nSPS) is 14.0. The first-order valence-electron chi connectivity index (χ1n) is 6.47. The lowest BCUT2D eigenvalue weighted by Crippen LogP contribution is -2.28. The van der Waals surface area contributed by atoms with Crippen LogP contribution < -0.4 is 10.6 Å². The Morgan fingerprint density at radius 2 is 2.14 bits per heavy atom. The van der Waals surface area contributed by atoms with Gasteiger partial charge in [-0.2, -0.15) is 13.2 Å². The summed E-state index contributed by atoms with van der Waals surface area (Å²) in [6.07, 6.45) is -0.634. The van der Waals surface area contributed by atoms with E-state index >= 15 is 0 Å². The van der Waals surface area contributed by atoms with Gasteiger partial charge in [0.25, 0.3) is 0 Å². The second-order valence-corrected chi connectivity index (χ2v) is 6.86. The van der Waals surface area contributed by atoms with Gasteiger partial charge >= 0.3 is 12.2 Å². The molecule has 118 valence electrons. The Bertz CT molecular complexity index is 673. The van der Waals surface area contributed by atoms with Crippen LogP contribution in [0.3, 0.4) is 0 Å². The van der Waals surface area contributed by atoms with Crippen LogP contribution in [0.25, 0.3) is 0 Å². The summed E-state index contributed by atoms with van der Waals surface area (Å²) < 4.78 is 37.3. The van der Waals surface area contributed by atoms with E-state index in [1.165, 1.54) is 4.88 Å². The van der Waals surface area contributed by atoms with E-state index in [1.54, 1.807) is 11.3 Å². The number of amides is 2. The van der Waals surface area contributed by atoms with Crippen LogP contribution in [0, 0.1) is 0 Å². The predicted octanol–water partition coefficient (Wildman–Crippen LogP) is 3.43. The zero-order chi connectivity index (χ0) is 15.7. The molecule has 0 saturated heterocycles. The van der Waals surface area contributed by atoms with Crippen molar-refractivity contribution in [3.05, 3.63) is 26.7 Å². The third-order valence-electron chi connectivity index (χ3n) is 3.05. The van der Waals surface area contributed by atoms with E-state index in [1.807, 2.05) is 0 Å². The molecule has 0 aliphatic heterocycles. The first-order chi connectivity index (χ1) is 10.4. The molecule has 0 radical (unpaired) electrons. The number of rotatable bonds is 3. The molecular weight excluding hydrogens is 337 g/mol. The average Bonchev–Trinajstić information content (AvgIpc) is 3.09. The van der Waals surface area contributed by atoms with Gasteiger partial charge in [-0.1, -0.05) is 11.3 Å². The molecule has 22 heavy (non-hydrogen) atoms. The van der Waals surface area contributed by atoms with Gasteiger partial charge in [0.2, 0.25) is 0 Å². The molecule has 2 aromatic heterocycles. The summed E-state index contributed by atoms with van der Waals surface area (Å²) in [6.45, 7) is 0.251. The Balaban J connectivity index is 1.53. The van der Waals surface area contributed by atoms with Crippen LogP contribution >= 0.6 is 22.7 Å². The highest BCUT2D eigenvalue weighted by atomic mass is 32.1. The molecule has 0 aromatic carbocycles. The van der Waals surface area contributed by atoms with Gasteiger partial charge in [-0.15, -0.1) is 11.3 Å². The number of carbonyl (C=O) groups excluding carboxylic acids is 1. The first kappa shape index (κ1) is 15.2. The zero-order valence-corrected chi connectivity index (χ0v) is 12.8. The SMILES string of the molecule is O=C(NCc1nc2c(s1)CCC2)Nc1ncc(C(F)(F)F)s1. The number of urea groups is 1. The smallest absolute Gasteiger partial charge is 0.331 e. The fourth-order valence-electron chi connectivity index (χ4n) is 2.08. The van der Waals surface area contributed by atoms with Crippen LogP contribution in [0.1, 0.15) is 26.9 Å². The minimum atomic E-state index is -4.45. The van der Waals surface area contributed by atoms with E-state index in [0.717, 1.165) is 30.0 Å². The maximum Gasteiger partial charge on any atom is 0.427 e. The second kappa shape index (κ2) is 5.84. The quantitative estimate of drug-likeness (QED) is 0.893. The number of hydrogen-bond donors (Lipinski definition) is 2. The van der Waals surface area contributed by atoms with Crippen LogP contribution in [0.15, 0.2) is 6.20 Å². The molecule has 1 aliphatic rings. The van der Waals surface area contributed by atoms with Crippen molar-refractivity contribution in [1.82, 2.24) is 15.3 Å². The van der Waals surface area contributed by atoms with E-state index in [9.17, 15) is 18.0 Å². The number of fused-ring (bicyclic) bond motifs is 1. The van der Waals surface area contributed by atoms with Gasteiger partial charge in [0.15, 0.2) is 5.13 Å². The number of nitrogens with zero attached hydrogens (tertiary/aromatic N) is 2. The number of nitrogens with one attached hydrogen (secondary N) is 2. The molecule has 2 heterocycles. The fourth-order valence-corrected chi connectivity index (χ4v) is 3.85. The maximum absolute atomic E-state index is 12.4. The van der Waals surface area contributed by atoms with Crippen LogP contribution in [0.4, 0.5) is 23.1 Å². The van der Waals surface area contributed by atoms with Crippen LogP contribution in [0.2, 0.25) is 0 Å². The van der Waals surface area contributed by atoms with Crippen molar-refractivity contribution in [3.63, 3.8) is 0 Å². The molecule has 2 amide bonds. The molecule has 5 nitrogen and oxygen atoms in total. The van der Waals surface area contributed by atoms with Crippen molar-refractivity contribution in [2.24, 2.45) is 0 Å². The first-order valence-corrected chi connectivity index (χ1v) is 8.10. The number of anilines is 1. The van der Waals surface area contributed by atoms with E-state index in [2.05, 4.69) is 20.6 Å². The molecule has 2 aromatic rings. The molecule has 0 spiro atoms. The van der Waals surface area contributed by atoms with Crippen molar-refractivity contribution in [2.45, 2.75) is 32.0 Å². The summed E-state index contributed by atoms with van der Waals surface area (Å²) >= 11 is 1.95. The molecule has 3 rings (SSSR count). The second-order valence-electron chi connectivity index (χ2n) is 4.67. The summed E-state index contributed by atoms with van der Waals surface area (Å²) in [5, 5.41) is 5.57. The van der Waals surface area contributed by atoms with E-state index in [-0.39, 0.29) is 11.7 Å². The molecule has 0 unspecified atom stereocenters. The van der Waals surface area contributed by atoms with Gasteiger partial charge in [0.05, 0.1) is 18.4 Å². The fraction of sp³-hybridized carbons (Fsp3) is 0.417. The van der Waals surface area contributed by atoms with Crippen molar-refractivity contribution < 1.29 is 18.0 Å². The molecular formula is C12H11F3N4OS2. The van der Waals surface area contributed by atoms with Crippen molar-refractivity contribution in [3.8, 4) is 0 Å². The predicted molar refractivity (Wildman–Crippen MR) is 77.1 cm³/mol. The van der Waals surface area contributed by atoms with Crippen molar-refractivity contribution in [2.75, 3.05) is 5.32 Å². The highest BCUT2D eigenvalue weighted by Gasteiger charge is 2.33. The van der Waals surface area contributed by atoms with Crippen LogP contribution in [-0.2, 0) is 25.6 Å². The summed E-state index contributed by atoms with van der Waals surface area (Å²) in [6, 6.07) is -0.599. The summed E-state index contributed by atoms with van der Waals surface area (Å²) in [5.41, 5.74) is 1.09. The summed E-state index contributed by atoms with van der Waals surface area (Å²) in [4.78, 5) is 20.0. The minimum absolute atomic E-state index is 0.0912. The van der Waals surface area contributed by atoms with Crippen molar-refractivity contribution in [1.29, 1.82) is 0 Å². The third kappa shape index (κ3) is 3.38. The topological polar surface area (TPSA) is 66.9 Å². The number of halogens is 3. The number of aryl methyl sites for hydroxylation is 2. The van der Waals surface area contributed by atoms with E-state index in [0.29, 0.717) is 17.5 Å². The Kier molecular flexibility index (Phi) is 4.04. The van der Waals surface area contributed by atoms with Crippen molar-refractivity contribution >= 4 is 33.8 Å². The van der Waals surface area contributed by atoms with Gasteiger partial charge in [-0.25, -0.2) is 14.8 Å². The Labute approximate surface area is 131 Å². The Morgan fingerprint density at radius 1 is 1.32 bits per heavy atom. The molecule has 0 bridgehead atoms. The number of hydrogen-bond acceptors (Lipinski definition) is 5. The van der Waals surface area contributed by atoms with Gasteiger partial charge in [0, 0.05) is 4.88 Å². The number of thiazole rings is 2. The zero-order valence-electron chi connectivity index (χ0n) is 11.2. The number of alkyl halides is 3. The summed E-state index contributed by atoms with van der Waals surface area (Å²) in [7, 11) is 0. The molecule has 1 aliphatic carbocycles. The van der Waals surface area contributed by atoms with Gasteiger partial charge in [-0.05, 0) is 19.3 Å². The lowest BCUT2D eigenvalue weighted by molar-refractivity contribution is -0.134. The van der Waals surface area contributed by atoms with E-state index < -0.39 is 17.1 Å². The Morgan fingerprint density at radius 3 is 2.82 bits per heavy atom. The number of aromatic nitrogens is 2. The monoisotopic (exact) mass is 348 g/mol. The van der Waals surface area contributed by atoms with Gasteiger partial charge < -0.3 is 5.32 Å². The highest BCUT2D eigenvalue weighted by Crippen LogP contribution is 2.35. The Hall–Kier alpha value is -1.68. The lowest BCUT2D eigenvalue weighted by Gasteiger charge is -2.03. The highest BCUT2D eigenvalue weighted by molar-refractivity contribution is 7.15. The molecule has 10 heteroatoms. The lowest BCUT2D eigenvalue weighted by atomic mass is 10.4. The molecule has 0 atom stereocenters. The minimum Gasteiger partial charge on any atom is -0.331 e. The maximum atomic E-state index is 12.4. The molecule has 2 N–H and O–H groups in total. The third-order valence-corrected chi connectivity index (χ3v) is 5.16. The van der Waals surface area contributed by atoms with Gasteiger partial charge in [0.1, 0.15) is 9.88 Å². The summed E-state index contributed by atoms with van der Waals surface area (Å²) in [5.74, 6) is 0. The largest absolute Gasteiger partial charge is 0.427 e. The standard InChI is InChI=1S/C12H11F3N4OS2/c13-12(14,15)8-4-17-11(22-8)19-10(20)16-5-9-18-6-2-1-3-7(6)21-9/h4H,1-3,5H2,(H2,16,17,19,20). The molecule has 0 saturated carbocycles. The van der Waals surface area contributed by atoms with Gasteiger partial charge in [-0.3, -0.25) is 5.32 Å². The van der Waals surface area contributed by atoms with E-state index in [4.69, 9.17) is 0 Å². The van der Waals surface area contributed by atoms with Crippen LogP contribution in [0.5, 0.6) is 0 Å². The number of carbonyl (C=O) groups is 1. The average molecular weight is 348 g/mol. The van der Waals surface area contributed by atoms with Crippen LogP contribution in [-0.4, -0.2) is 16.0 Å². The molecule has 0 fully saturated rings.